The molecule has 0 bridgehead atoms. The Bertz CT molecular complexity index is 224. The molecular formula is C9H15FO3S. The molecule has 0 radical (unpaired) electrons. The molecule has 3 nitrogen and oxygen atoms in total. The molecule has 1 fully saturated rings. The maximum Gasteiger partial charge on any atom is 0.343 e. The van der Waals surface area contributed by atoms with Crippen molar-refractivity contribution in [3.05, 3.63) is 0 Å². The van der Waals surface area contributed by atoms with E-state index in [1.807, 2.05) is 6.92 Å². The summed E-state index contributed by atoms with van der Waals surface area (Å²) in [5, 5.41) is 10.0. The lowest BCUT2D eigenvalue weighted by atomic mass is 9.95. The van der Waals surface area contributed by atoms with Crippen molar-refractivity contribution in [2.75, 3.05) is 12.4 Å². The summed E-state index contributed by atoms with van der Waals surface area (Å²) in [6.07, 6.45) is -1.61. The number of halogens is 1. The van der Waals surface area contributed by atoms with E-state index in [-0.39, 0.29) is 17.6 Å². The van der Waals surface area contributed by atoms with Crippen LogP contribution >= 0.6 is 11.8 Å². The molecule has 0 aliphatic carbocycles. The molecule has 1 saturated heterocycles. The van der Waals surface area contributed by atoms with Gasteiger partial charge in [0.25, 0.3) is 0 Å². The van der Waals surface area contributed by atoms with Crippen LogP contribution in [0.5, 0.6) is 0 Å². The van der Waals surface area contributed by atoms with Gasteiger partial charge in [-0.2, -0.15) is 11.8 Å². The molecule has 3 unspecified atom stereocenters. The molecule has 82 valence electrons. The van der Waals surface area contributed by atoms with Gasteiger partial charge >= 0.3 is 5.97 Å². The van der Waals surface area contributed by atoms with Gasteiger partial charge in [-0.1, -0.05) is 6.92 Å². The Balaban J connectivity index is 2.59. The van der Waals surface area contributed by atoms with Crippen molar-refractivity contribution in [1.82, 2.24) is 0 Å². The minimum Gasteiger partial charge on any atom is -0.464 e. The number of rotatable bonds is 3. The summed E-state index contributed by atoms with van der Waals surface area (Å²) in [6, 6.07) is 0. The SMILES string of the molecule is CCOC(=O)C(F)C1(O)CSC(C)C1. The van der Waals surface area contributed by atoms with Gasteiger partial charge < -0.3 is 9.84 Å². The maximum atomic E-state index is 13.5. The Morgan fingerprint density at radius 1 is 1.86 bits per heavy atom. The van der Waals surface area contributed by atoms with Gasteiger partial charge in [-0.25, -0.2) is 9.18 Å². The molecule has 1 N–H and O–H groups in total. The first kappa shape index (κ1) is 11.8. The summed E-state index contributed by atoms with van der Waals surface area (Å²) in [5.41, 5.74) is -1.53. The minimum atomic E-state index is -1.92. The van der Waals surface area contributed by atoms with Gasteiger partial charge in [0, 0.05) is 11.0 Å². The number of esters is 1. The second-order valence-corrected chi connectivity index (χ2v) is 4.97. The first-order chi connectivity index (χ1) is 6.49. The summed E-state index contributed by atoms with van der Waals surface area (Å²) in [4.78, 5) is 11.1. The lowest BCUT2D eigenvalue weighted by molar-refractivity contribution is -0.158. The second-order valence-electron chi connectivity index (χ2n) is 3.54. The largest absolute Gasteiger partial charge is 0.464 e. The van der Waals surface area contributed by atoms with Crippen LogP contribution in [0.15, 0.2) is 0 Å². The van der Waals surface area contributed by atoms with Crippen LogP contribution in [0, 0.1) is 0 Å². The predicted octanol–water partition coefficient (Wildman–Crippen LogP) is 1.14. The molecule has 3 atom stereocenters. The van der Waals surface area contributed by atoms with Crippen LogP contribution in [0.25, 0.3) is 0 Å². The Kier molecular flexibility index (Phi) is 3.78. The van der Waals surface area contributed by atoms with Gasteiger partial charge in [-0.15, -0.1) is 0 Å². The van der Waals surface area contributed by atoms with Crippen molar-refractivity contribution in [2.24, 2.45) is 0 Å². The zero-order valence-corrected chi connectivity index (χ0v) is 9.14. The Morgan fingerprint density at radius 3 is 2.93 bits per heavy atom. The first-order valence-corrected chi connectivity index (χ1v) is 5.69. The molecule has 5 heteroatoms. The number of thioether (sulfide) groups is 1. The number of hydrogen-bond acceptors (Lipinski definition) is 4. The van der Waals surface area contributed by atoms with Gasteiger partial charge in [-0.05, 0) is 13.3 Å². The number of alkyl halides is 1. The van der Waals surface area contributed by atoms with E-state index in [4.69, 9.17) is 0 Å². The molecule has 0 aromatic heterocycles. The smallest absolute Gasteiger partial charge is 0.343 e. The quantitative estimate of drug-likeness (QED) is 0.727. The van der Waals surface area contributed by atoms with E-state index < -0.39 is 17.7 Å². The number of carbonyl (C=O) groups is 1. The summed E-state index contributed by atoms with van der Waals surface area (Å²) >= 11 is 1.47. The number of carbonyl (C=O) groups excluding carboxylic acids is 1. The van der Waals surface area contributed by atoms with E-state index in [1.54, 1.807) is 6.92 Å². The molecule has 1 heterocycles. The van der Waals surface area contributed by atoms with Crippen molar-refractivity contribution in [1.29, 1.82) is 0 Å². The fourth-order valence-corrected chi connectivity index (χ4v) is 2.76. The predicted molar refractivity (Wildman–Crippen MR) is 53.0 cm³/mol. The Labute approximate surface area is 87.0 Å². The van der Waals surface area contributed by atoms with E-state index in [0.717, 1.165) is 0 Å². The zero-order chi connectivity index (χ0) is 10.8. The average molecular weight is 222 g/mol. The number of aliphatic hydroxyl groups is 1. The molecule has 0 spiro atoms. The van der Waals surface area contributed by atoms with E-state index in [2.05, 4.69) is 4.74 Å². The van der Waals surface area contributed by atoms with E-state index in [0.29, 0.717) is 6.42 Å². The second kappa shape index (κ2) is 4.49. The van der Waals surface area contributed by atoms with Gasteiger partial charge in [0.15, 0.2) is 0 Å². The van der Waals surface area contributed by atoms with Gasteiger partial charge in [0.1, 0.15) is 5.60 Å². The molecule has 1 aliphatic rings. The highest BCUT2D eigenvalue weighted by Crippen LogP contribution is 2.37. The standard InChI is InChI=1S/C9H15FO3S/c1-3-13-8(11)7(10)9(12)4-6(2)14-5-9/h6-7,12H,3-5H2,1-2H3. The molecule has 0 saturated carbocycles. The van der Waals surface area contributed by atoms with E-state index >= 15 is 0 Å². The summed E-state index contributed by atoms with van der Waals surface area (Å²) in [6.45, 7) is 3.65. The van der Waals surface area contributed by atoms with Crippen LogP contribution in [0.1, 0.15) is 20.3 Å². The topological polar surface area (TPSA) is 46.5 Å². The maximum absolute atomic E-state index is 13.5. The van der Waals surface area contributed by atoms with Crippen molar-refractivity contribution in [3.63, 3.8) is 0 Å². The van der Waals surface area contributed by atoms with E-state index in [9.17, 15) is 14.3 Å². The number of hydrogen-bond donors (Lipinski definition) is 1. The van der Waals surface area contributed by atoms with Crippen LogP contribution < -0.4 is 0 Å². The molecule has 14 heavy (non-hydrogen) atoms. The summed E-state index contributed by atoms with van der Waals surface area (Å²) < 4.78 is 18.0. The molecule has 0 amide bonds. The molecular weight excluding hydrogens is 207 g/mol. The Hall–Kier alpha value is -0.290. The third-order valence-corrected chi connectivity index (χ3v) is 3.63. The van der Waals surface area contributed by atoms with Crippen molar-refractivity contribution < 1.29 is 19.0 Å². The van der Waals surface area contributed by atoms with Crippen LogP contribution in [0.2, 0.25) is 0 Å². The third-order valence-electron chi connectivity index (χ3n) is 2.22. The van der Waals surface area contributed by atoms with Crippen LogP contribution in [0.3, 0.4) is 0 Å². The normalized spacial score (nSPS) is 34.1. The summed E-state index contributed by atoms with van der Waals surface area (Å²) in [5.74, 6) is -0.696. The average Bonchev–Trinajstić information content (AvgIpc) is 2.47. The van der Waals surface area contributed by atoms with Gasteiger partial charge in [0.2, 0.25) is 6.17 Å². The summed E-state index contributed by atoms with van der Waals surface area (Å²) in [7, 11) is 0. The highest BCUT2D eigenvalue weighted by atomic mass is 32.2. The highest BCUT2D eigenvalue weighted by molar-refractivity contribution is 8.00. The van der Waals surface area contributed by atoms with Crippen LogP contribution in [-0.4, -0.2) is 40.5 Å². The van der Waals surface area contributed by atoms with Crippen molar-refractivity contribution in [3.8, 4) is 0 Å². The zero-order valence-electron chi connectivity index (χ0n) is 8.33. The lowest BCUT2D eigenvalue weighted by Gasteiger charge is -2.24. The van der Waals surface area contributed by atoms with Gasteiger partial charge in [-0.3, -0.25) is 0 Å². The molecule has 0 aromatic rings. The lowest BCUT2D eigenvalue weighted by Crippen LogP contribution is -2.45. The minimum absolute atomic E-state index is 0.137. The molecule has 1 rings (SSSR count). The Morgan fingerprint density at radius 2 is 2.50 bits per heavy atom. The van der Waals surface area contributed by atoms with Gasteiger partial charge in [0.05, 0.1) is 6.61 Å². The fraction of sp³-hybridized carbons (Fsp3) is 0.889. The monoisotopic (exact) mass is 222 g/mol. The van der Waals surface area contributed by atoms with Crippen molar-refractivity contribution >= 4 is 17.7 Å². The highest BCUT2D eigenvalue weighted by Gasteiger charge is 2.47. The van der Waals surface area contributed by atoms with Crippen molar-refractivity contribution in [2.45, 2.75) is 37.3 Å². The van der Waals surface area contributed by atoms with E-state index in [1.165, 1.54) is 11.8 Å². The molecule has 1 aliphatic heterocycles. The van der Waals surface area contributed by atoms with Crippen LogP contribution in [-0.2, 0) is 9.53 Å². The fourth-order valence-electron chi connectivity index (χ4n) is 1.51. The number of ether oxygens (including phenoxy) is 1. The first-order valence-electron chi connectivity index (χ1n) is 4.64. The third kappa shape index (κ3) is 2.39. The van der Waals surface area contributed by atoms with Crippen LogP contribution in [0.4, 0.5) is 4.39 Å². The molecule has 0 aromatic carbocycles.